The highest BCUT2D eigenvalue weighted by molar-refractivity contribution is 7.99. The number of ether oxygens (including phenoxy) is 1. The maximum atomic E-state index is 12.2. The van der Waals surface area contributed by atoms with Gasteiger partial charge in [-0.1, -0.05) is 31.7 Å². The molecule has 0 aliphatic carbocycles. The molecule has 2 aromatic heterocycles. The van der Waals surface area contributed by atoms with Crippen molar-refractivity contribution < 1.29 is 19.1 Å². The first-order valence-electron chi connectivity index (χ1n) is 8.23. The van der Waals surface area contributed by atoms with Crippen molar-refractivity contribution in [1.82, 2.24) is 20.1 Å². The van der Waals surface area contributed by atoms with Gasteiger partial charge in [0.2, 0.25) is 0 Å². The molecule has 1 atom stereocenters. The summed E-state index contributed by atoms with van der Waals surface area (Å²) >= 11 is 2.73. The number of nitrogens with zero attached hydrogens (tertiary/aromatic N) is 3. The van der Waals surface area contributed by atoms with Crippen molar-refractivity contribution in [1.29, 1.82) is 0 Å². The molecule has 2 heterocycles. The molecule has 0 spiro atoms. The zero-order chi connectivity index (χ0) is 20.0. The molecule has 9 nitrogen and oxygen atoms in total. The number of carbonyl (C=O) groups excluding carboxylic acids is 3. The first-order chi connectivity index (χ1) is 12.8. The zero-order valence-electron chi connectivity index (χ0n) is 15.2. The van der Waals surface area contributed by atoms with Gasteiger partial charge in [-0.2, -0.15) is 0 Å². The van der Waals surface area contributed by atoms with Crippen LogP contribution in [0.25, 0.3) is 10.7 Å². The molecule has 2 rings (SSSR count). The molecule has 11 heteroatoms. The van der Waals surface area contributed by atoms with E-state index < -0.39 is 24.0 Å². The Morgan fingerprint density at radius 1 is 1.37 bits per heavy atom. The number of imide groups is 1. The third-order valence-corrected chi connectivity index (χ3v) is 5.27. The van der Waals surface area contributed by atoms with Crippen molar-refractivity contribution in [3.8, 4) is 10.7 Å². The minimum Gasteiger partial charge on any atom is -0.451 e. The van der Waals surface area contributed by atoms with E-state index in [-0.39, 0.29) is 11.7 Å². The number of thioether (sulfide) groups is 1. The number of esters is 1. The predicted molar refractivity (Wildman–Crippen MR) is 102 cm³/mol. The van der Waals surface area contributed by atoms with Crippen LogP contribution in [0.4, 0.5) is 4.79 Å². The third-order valence-electron chi connectivity index (χ3n) is 3.46. The topological polar surface area (TPSA) is 129 Å². The number of amides is 3. The quantitative estimate of drug-likeness (QED) is 0.501. The number of nitrogens with two attached hydrogens (primary N) is 1. The third kappa shape index (κ3) is 5.54. The number of thiophene rings is 1. The van der Waals surface area contributed by atoms with Gasteiger partial charge in [0, 0.05) is 6.54 Å². The average Bonchev–Trinajstić information content (AvgIpc) is 3.25. The molecular formula is C16H21N5O4S2. The highest BCUT2D eigenvalue weighted by Gasteiger charge is 2.27. The average molecular weight is 412 g/mol. The first-order valence-corrected chi connectivity index (χ1v) is 10.1. The van der Waals surface area contributed by atoms with Crippen molar-refractivity contribution in [3.05, 3.63) is 17.5 Å². The van der Waals surface area contributed by atoms with Crippen molar-refractivity contribution in [2.45, 2.75) is 38.6 Å². The molecule has 0 saturated carbocycles. The maximum Gasteiger partial charge on any atom is 0.318 e. The van der Waals surface area contributed by atoms with E-state index in [1.54, 1.807) is 25.2 Å². The van der Waals surface area contributed by atoms with Crippen molar-refractivity contribution >= 4 is 41.0 Å². The fourth-order valence-corrected chi connectivity index (χ4v) is 3.75. The number of hydrogen-bond acceptors (Lipinski definition) is 8. The molecule has 0 bridgehead atoms. The van der Waals surface area contributed by atoms with Gasteiger partial charge in [-0.05, 0) is 24.3 Å². The second-order valence-electron chi connectivity index (χ2n) is 5.82. The molecular weight excluding hydrogens is 390 g/mol. The Balaban J connectivity index is 2.00. The van der Waals surface area contributed by atoms with Crippen LogP contribution in [0.15, 0.2) is 22.7 Å². The van der Waals surface area contributed by atoms with E-state index in [0.29, 0.717) is 11.7 Å². The lowest BCUT2D eigenvalue weighted by Crippen LogP contribution is -2.45. The highest BCUT2D eigenvalue weighted by Crippen LogP contribution is 2.27. The maximum absolute atomic E-state index is 12.2. The first kappa shape index (κ1) is 20.9. The second-order valence-corrected chi connectivity index (χ2v) is 7.71. The highest BCUT2D eigenvalue weighted by atomic mass is 32.2. The Morgan fingerprint density at radius 2 is 2.11 bits per heavy atom. The van der Waals surface area contributed by atoms with Crippen LogP contribution in [0.5, 0.6) is 0 Å². The van der Waals surface area contributed by atoms with Crippen LogP contribution in [0.1, 0.15) is 20.8 Å². The molecule has 0 fully saturated rings. The van der Waals surface area contributed by atoms with Gasteiger partial charge in [-0.25, -0.2) is 4.79 Å². The normalized spacial score (nSPS) is 12.0. The number of aromatic nitrogens is 3. The molecule has 3 amide bonds. The summed E-state index contributed by atoms with van der Waals surface area (Å²) in [5.41, 5.74) is 4.94. The van der Waals surface area contributed by atoms with E-state index in [4.69, 9.17) is 10.5 Å². The van der Waals surface area contributed by atoms with Crippen LogP contribution in [0.2, 0.25) is 0 Å². The molecule has 0 aliphatic rings. The lowest BCUT2D eigenvalue weighted by Gasteiger charge is -2.19. The van der Waals surface area contributed by atoms with Gasteiger partial charge in [0.1, 0.15) is 0 Å². The minimum atomic E-state index is -1.10. The Hall–Kier alpha value is -2.40. The summed E-state index contributed by atoms with van der Waals surface area (Å²) in [6, 6.07) is 2.89. The lowest BCUT2D eigenvalue weighted by molar-refractivity contribution is -0.155. The largest absolute Gasteiger partial charge is 0.451 e. The van der Waals surface area contributed by atoms with E-state index in [9.17, 15) is 14.4 Å². The Labute approximate surface area is 164 Å². The van der Waals surface area contributed by atoms with Crippen molar-refractivity contribution in [3.63, 3.8) is 0 Å². The van der Waals surface area contributed by atoms with E-state index in [2.05, 4.69) is 10.2 Å². The van der Waals surface area contributed by atoms with Crippen LogP contribution in [-0.2, 0) is 20.9 Å². The van der Waals surface area contributed by atoms with E-state index in [1.165, 1.54) is 11.8 Å². The Bertz CT molecular complexity index is 804. The van der Waals surface area contributed by atoms with Gasteiger partial charge in [0.05, 0.1) is 10.6 Å². The predicted octanol–water partition coefficient (Wildman–Crippen LogP) is 1.88. The Morgan fingerprint density at radius 3 is 2.67 bits per heavy atom. The van der Waals surface area contributed by atoms with Gasteiger partial charge in [-0.3, -0.25) is 14.9 Å². The van der Waals surface area contributed by atoms with Crippen LogP contribution >= 0.6 is 23.1 Å². The van der Waals surface area contributed by atoms with Gasteiger partial charge < -0.3 is 15.0 Å². The number of hydrogen-bond donors (Lipinski definition) is 2. The summed E-state index contributed by atoms with van der Waals surface area (Å²) < 4.78 is 7.12. The fourth-order valence-electron chi connectivity index (χ4n) is 2.25. The second kappa shape index (κ2) is 9.51. The van der Waals surface area contributed by atoms with Crippen LogP contribution in [0, 0.1) is 5.92 Å². The molecule has 3 N–H and O–H groups in total. The molecule has 0 radical (unpaired) electrons. The molecule has 0 unspecified atom stereocenters. The monoisotopic (exact) mass is 411 g/mol. The summed E-state index contributed by atoms with van der Waals surface area (Å²) in [6.07, 6.45) is -1.10. The van der Waals surface area contributed by atoms with Crippen LogP contribution in [-0.4, -0.2) is 44.5 Å². The Kier molecular flexibility index (Phi) is 7.36. The van der Waals surface area contributed by atoms with Crippen LogP contribution < -0.4 is 11.1 Å². The smallest absolute Gasteiger partial charge is 0.318 e. The van der Waals surface area contributed by atoms with Crippen molar-refractivity contribution in [2.75, 3.05) is 5.75 Å². The van der Waals surface area contributed by atoms with Gasteiger partial charge in [0.15, 0.2) is 17.1 Å². The summed E-state index contributed by atoms with van der Waals surface area (Å²) in [4.78, 5) is 35.9. The number of urea groups is 1. The van der Waals surface area contributed by atoms with Gasteiger partial charge >= 0.3 is 12.0 Å². The van der Waals surface area contributed by atoms with E-state index in [0.717, 1.165) is 10.7 Å². The van der Waals surface area contributed by atoms with Gasteiger partial charge in [-0.15, -0.1) is 21.5 Å². The number of carbonyl (C=O) groups is 3. The molecule has 0 aliphatic heterocycles. The summed E-state index contributed by atoms with van der Waals surface area (Å²) in [6.45, 7) is 6.01. The summed E-state index contributed by atoms with van der Waals surface area (Å²) in [7, 11) is 0. The van der Waals surface area contributed by atoms with Crippen molar-refractivity contribution in [2.24, 2.45) is 11.7 Å². The molecule has 146 valence electrons. The molecule has 2 aromatic rings. The van der Waals surface area contributed by atoms with Crippen LogP contribution in [0.3, 0.4) is 0 Å². The fraction of sp³-hybridized carbons (Fsp3) is 0.438. The van der Waals surface area contributed by atoms with E-state index in [1.807, 2.05) is 34.3 Å². The lowest BCUT2D eigenvalue weighted by atomic mass is 10.1. The minimum absolute atomic E-state index is 0.0460. The number of rotatable bonds is 8. The molecule has 0 aromatic carbocycles. The zero-order valence-corrected chi connectivity index (χ0v) is 16.8. The van der Waals surface area contributed by atoms with Gasteiger partial charge in [0.25, 0.3) is 5.91 Å². The molecule has 0 saturated heterocycles. The SMILES string of the molecule is CCn1c(SCC(=O)O[C@@H](C(=O)NC(N)=O)C(C)C)nnc1-c1cccs1. The molecule has 27 heavy (non-hydrogen) atoms. The number of primary amides is 1. The standard InChI is InChI=1S/C16H21N5O4S2/c1-4-21-13(10-6-5-7-26-10)19-20-16(21)27-8-11(22)25-12(9(2)3)14(23)18-15(17)24/h5-7,9,12H,4,8H2,1-3H3,(H3,17,18,23,24)/t12-/m1/s1. The summed E-state index contributed by atoms with van der Waals surface area (Å²) in [5, 5.41) is 12.8. The van der Waals surface area contributed by atoms with E-state index >= 15 is 0 Å². The number of nitrogens with one attached hydrogen (secondary N) is 1. The summed E-state index contributed by atoms with van der Waals surface area (Å²) in [5.74, 6) is -0.961.